The Kier molecular flexibility index (Phi) is 11.0. The maximum Gasteiger partial charge on any atom is 0.243 e. The molecule has 39 heavy (non-hydrogen) atoms. The second-order valence-electron chi connectivity index (χ2n) is 9.21. The second-order valence-corrected chi connectivity index (χ2v) is 11.7. The largest absolute Gasteiger partial charge is 0.354 e. The highest BCUT2D eigenvalue weighted by Gasteiger charge is 2.33. The topological polar surface area (TPSA) is 86.8 Å². The lowest BCUT2D eigenvalue weighted by Gasteiger charge is -2.32. The zero-order valence-electron chi connectivity index (χ0n) is 22.0. The van der Waals surface area contributed by atoms with Gasteiger partial charge in [0.1, 0.15) is 11.9 Å². The van der Waals surface area contributed by atoms with Crippen LogP contribution in [0.1, 0.15) is 30.9 Å². The lowest BCUT2D eigenvalue weighted by atomic mass is 10.0. The summed E-state index contributed by atoms with van der Waals surface area (Å²) in [5.41, 5.74) is 1.44. The first-order valence-electron chi connectivity index (χ1n) is 12.7. The molecule has 0 aliphatic heterocycles. The van der Waals surface area contributed by atoms with Crippen LogP contribution in [0.15, 0.2) is 83.8 Å². The van der Waals surface area contributed by atoms with Crippen molar-refractivity contribution < 1.29 is 22.4 Å². The van der Waals surface area contributed by atoms with Crippen molar-refractivity contribution in [2.24, 2.45) is 0 Å². The van der Waals surface area contributed by atoms with Crippen LogP contribution in [0.25, 0.3) is 0 Å². The van der Waals surface area contributed by atoms with Gasteiger partial charge in [-0.25, -0.2) is 12.8 Å². The highest BCUT2D eigenvalue weighted by atomic mass is 35.5. The second kappa shape index (κ2) is 14.2. The number of nitrogens with one attached hydrogen (secondary N) is 1. The van der Waals surface area contributed by atoms with Gasteiger partial charge in [0.15, 0.2) is 0 Å². The standard InChI is InChI=1S/C29H33ClFN3O4S/c1-3-4-18-32-29(36)27(19-22-8-6-5-7-9-22)34(20-23-10-14-25(31)15-11-23)28(35)21-33(2)39(37,38)26-16-12-24(30)13-17-26/h5-17,27H,3-4,18-21H2,1-2H3,(H,32,36)/t27-/m1/s1. The van der Waals surface area contributed by atoms with Gasteiger partial charge in [-0.3, -0.25) is 9.59 Å². The molecule has 0 aliphatic carbocycles. The Bertz CT molecular complexity index is 1340. The van der Waals surface area contributed by atoms with Crippen molar-refractivity contribution in [1.82, 2.24) is 14.5 Å². The van der Waals surface area contributed by atoms with Crippen LogP contribution in [0.3, 0.4) is 0 Å². The maximum atomic E-state index is 13.8. The Hall–Kier alpha value is -3.27. The van der Waals surface area contributed by atoms with Gasteiger partial charge in [-0.05, 0) is 53.9 Å². The zero-order chi connectivity index (χ0) is 28.4. The molecule has 0 fully saturated rings. The normalized spacial score (nSPS) is 12.2. The van der Waals surface area contributed by atoms with Crippen LogP contribution >= 0.6 is 11.6 Å². The van der Waals surface area contributed by atoms with E-state index in [0.29, 0.717) is 17.1 Å². The quantitative estimate of drug-likeness (QED) is 0.301. The predicted molar refractivity (Wildman–Crippen MR) is 150 cm³/mol. The molecule has 0 aromatic heterocycles. The molecule has 208 valence electrons. The number of nitrogens with zero attached hydrogens (tertiary/aromatic N) is 2. The Labute approximate surface area is 234 Å². The van der Waals surface area contributed by atoms with Crippen molar-refractivity contribution in [2.75, 3.05) is 20.1 Å². The van der Waals surface area contributed by atoms with Crippen LogP contribution in [0.2, 0.25) is 5.02 Å². The average Bonchev–Trinajstić information content (AvgIpc) is 2.92. The summed E-state index contributed by atoms with van der Waals surface area (Å²) < 4.78 is 40.9. The van der Waals surface area contributed by atoms with Crippen LogP contribution in [-0.2, 0) is 32.6 Å². The van der Waals surface area contributed by atoms with Gasteiger partial charge in [-0.1, -0.05) is 67.4 Å². The number of hydrogen-bond acceptors (Lipinski definition) is 4. The molecule has 3 rings (SSSR count). The summed E-state index contributed by atoms with van der Waals surface area (Å²) in [4.78, 5) is 28.6. The van der Waals surface area contributed by atoms with Crippen LogP contribution < -0.4 is 5.32 Å². The Morgan fingerprint density at radius 2 is 1.59 bits per heavy atom. The number of carbonyl (C=O) groups excluding carboxylic acids is 2. The Morgan fingerprint density at radius 3 is 2.21 bits per heavy atom. The van der Waals surface area contributed by atoms with E-state index in [0.717, 1.165) is 22.7 Å². The lowest BCUT2D eigenvalue weighted by molar-refractivity contribution is -0.141. The number of carbonyl (C=O) groups is 2. The molecule has 1 atom stereocenters. The monoisotopic (exact) mass is 573 g/mol. The van der Waals surface area contributed by atoms with E-state index in [1.54, 1.807) is 12.1 Å². The van der Waals surface area contributed by atoms with Gasteiger partial charge in [0.2, 0.25) is 21.8 Å². The summed E-state index contributed by atoms with van der Waals surface area (Å²) in [6, 6.07) is 19.7. The van der Waals surface area contributed by atoms with Crippen molar-refractivity contribution >= 4 is 33.4 Å². The fourth-order valence-corrected chi connectivity index (χ4v) is 5.25. The van der Waals surface area contributed by atoms with E-state index in [4.69, 9.17) is 11.6 Å². The Morgan fingerprint density at radius 1 is 0.949 bits per heavy atom. The smallest absolute Gasteiger partial charge is 0.243 e. The minimum absolute atomic E-state index is 0.00730. The van der Waals surface area contributed by atoms with E-state index >= 15 is 0 Å². The first-order valence-corrected chi connectivity index (χ1v) is 14.5. The van der Waals surface area contributed by atoms with Crippen LogP contribution in [0.5, 0.6) is 0 Å². The molecule has 2 amide bonds. The highest BCUT2D eigenvalue weighted by molar-refractivity contribution is 7.89. The van der Waals surface area contributed by atoms with E-state index in [1.165, 1.54) is 48.3 Å². The number of likely N-dealkylation sites (N-methyl/N-ethyl adjacent to an activating group) is 1. The molecule has 0 saturated carbocycles. The summed E-state index contributed by atoms with van der Waals surface area (Å²) in [5.74, 6) is -1.33. The van der Waals surface area contributed by atoms with Gasteiger partial charge in [-0.15, -0.1) is 0 Å². The maximum absolute atomic E-state index is 13.8. The number of sulfonamides is 1. The molecule has 7 nitrogen and oxygen atoms in total. The molecule has 3 aromatic carbocycles. The third-order valence-electron chi connectivity index (χ3n) is 6.25. The molecule has 0 aliphatic rings. The van der Waals surface area contributed by atoms with E-state index in [9.17, 15) is 22.4 Å². The molecule has 0 heterocycles. The number of unbranched alkanes of at least 4 members (excludes halogenated alkanes) is 1. The zero-order valence-corrected chi connectivity index (χ0v) is 23.6. The first-order chi connectivity index (χ1) is 18.6. The number of benzene rings is 3. The van der Waals surface area contributed by atoms with Gasteiger partial charge < -0.3 is 10.2 Å². The molecule has 0 unspecified atom stereocenters. The number of hydrogen-bond donors (Lipinski definition) is 1. The predicted octanol–water partition coefficient (Wildman–Crippen LogP) is 4.66. The summed E-state index contributed by atoms with van der Waals surface area (Å²) in [7, 11) is -2.70. The van der Waals surface area contributed by atoms with Crippen molar-refractivity contribution in [3.63, 3.8) is 0 Å². The fourth-order valence-electron chi connectivity index (χ4n) is 4.00. The molecule has 0 spiro atoms. The summed E-state index contributed by atoms with van der Waals surface area (Å²) >= 11 is 5.90. The molecular formula is C29H33ClFN3O4S. The van der Waals surface area contributed by atoms with E-state index < -0.39 is 34.3 Å². The van der Waals surface area contributed by atoms with Crippen molar-refractivity contribution in [3.05, 3.63) is 101 Å². The molecule has 10 heteroatoms. The third kappa shape index (κ3) is 8.61. The molecule has 0 bridgehead atoms. The van der Waals surface area contributed by atoms with E-state index in [2.05, 4.69) is 5.32 Å². The summed E-state index contributed by atoms with van der Waals surface area (Å²) in [6.45, 7) is 1.95. The lowest BCUT2D eigenvalue weighted by Crippen LogP contribution is -2.53. The van der Waals surface area contributed by atoms with Crippen molar-refractivity contribution in [1.29, 1.82) is 0 Å². The fraction of sp³-hybridized carbons (Fsp3) is 0.310. The number of rotatable bonds is 13. The summed E-state index contributed by atoms with van der Waals surface area (Å²) in [5, 5.41) is 3.30. The van der Waals surface area contributed by atoms with Gasteiger partial charge in [0.05, 0.1) is 11.4 Å². The third-order valence-corrected chi connectivity index (χ3v) is 8.32. The average molecular weight is 574 g/mol. The van der Waals surface area contributed by atoms with Gasteiger partial charge >= 0.3 is 0 Å². The van der Waals surface area contributed by atoms with Crippen LogP contribution in [0.4, 0.5) is 4.39 Å². The minimum atomic E-state index is -4.01. The number of halogens is 2. The molecule has 0 radical (unpaired) electrons. The minimum Gasteiger partial charge on any atom is -0.354 e. The van der Waals surface area contributed by atoms with E-state index in [1.807, 2.05) is 37.3 Å². The molecule has 1 N–H and O–H groups in total. The van der Waals surface area contributed by atoms with Crippen LogP contribution in [0, 0.1) is 5.82 Å². The first kappa shape index (κ1) is 30.3. The summed E-state index contributed by atoms with van der Waals surface area (Å²) in [6.07, 6.45) is 1.88. The highest BCUT2D eigenvalue weighted by Crippen LogP contribution is 2.20. The Balaban J connectivity index is 1.94. The molecule has 3 aromatic rings. The van der Waals surface area contributed by atoms with Crippen molar-refractivity contribution in [3.8, 4) is 0 Å². The van der Waals surface area contributed by atoms with Gasteiger partial charge in [-0.2, -0.15) is 4.31 Å². The SMILES string of the molecule is CCCCNC(=O)[C@@H](Cc1ccccc1)N(Cc1ccc(F)cc1)C(=O)CN(C)S(=O)(=O)c1ccc(Cl)cc1. The van der Waals surface area contributed by atoms with Crippen molar-refractivity contribution in [2.45, 2.75) is 43.7 Å². The number of amides is 2. The molecular weight excluding hydrogens is 541 g/mol. The van der Waals surface area contributed by atoms with Gasteiger partial charge in [0.25, 0.3) is 0 Å². The van der Waals surface area contributed by atoms with Gasteiger partial charge in [0, 0.05) is 31.6 Å². The molecule has 0 saturated heterocycles. The van der Waals surface area contributed by atoms with E-state index in [-0.39, 0.29) is 23.8 Å². The van der Waals surface area contributed by atoms with Crippen LogP contribution in [-0.4, -0.2) is 55.6 Å².